The molecule has 162 valence electrons. The van der Waals surface area contributed by atoms with E-state index < -0.39 is 16.4 Å². The van der Waals surface area contributed by atoms with E-state index in [1.165, 1.54) is 0 Å². The third-order valence-electron chi connectivity index (χ3n) is 6.12. The normalized spacial score (nSPS) is 15.9. The molecule has 0 saturated carbocycles. The van der Waals surface area contributed by atoms with E-state index in [4.69, 9.17) is 16.0 Å². The summed E-state index contributed by atoms with van der Waals surface area (Å²) >= 11 is 6.42. The molecule has 1 aliphatic heterocycles. The Morgan fingerprint density at radius 3 is 2.39 bits per heavy atom. The first-order chi connectivity index (χ1) is 14.6. The molecule has 1 atom stereocenters. The Morgan fingerprint density at radius 1 is 1.10 bits per heavy atom. The highest BCUT2D eigenvalue weighted by atomic mass is 35.5. The van der Waals surface area contributed by atoms with Gasteiger partial charge in [0.25, 0.3) is 16.8 Å². The largest absolute Gasteiger partial charge is 0.464 e. The maximum atomic E-state index is 12.9. The third kappa shape index (κ3) is 3.15. The van der Waals surface area contributed by atoms with Crippen LogP contribution in [0.4, 0.5) is 17.1 Å². The van der Waals surface area contributed by atoms with Gasteiger partial charge < -0.3 is 20.0 Å². The number of fused-ring (bicyclic) bond motifs is 1. The van der Waals surface area contributed by atoms with Crippen LogP contribution in [-0.4, -0.2) is 17.9 Å². The fraction of sp³-hybridized carbons (Fsp3) is 0.348. The SMILES string of the molecule is CC[C@@H](Nc1c(Nc2ccc(Cl)c3c2C(=O)N(C)C3(C)C)c(=O)c1=O)c1ccc(C)o1. The van der Waals surface area contributed by atoms with Crippen LogP contribution >= 0.6 is 11.6 Å². The first-order valence-corrected chi connectivity index (χ1v) is 10.5. The van der Waals surface area contributed by atoms with Crippen molar-refractivity contribution in [2.24, 2.45) is 0 Å². The van der Waals surface area contributed by atoms with Crippen LogP contribution in [0.5, 0.6) is 0 Å². The van der Waals surface area contributed by atoms with Crippen LogP contribution in [0, 0.1) is 6.92 Å². The number of anilines is 3. The van der Waals surface area contributed by atoms with Crippen LogP contribution in [-0.2, 0) is 5.54 Å². The Bertz CT molecular complexity index is 1270. The van der Waals surface area contributed by atoms with E-state index >= 15 is 0 Å². The van der Waals surface area contributed by atoms with Crippen molar-refractivity contribution in [3.8, 4) is 0 Å². The van der Waals surface area contributed by atoms with Gasteiger partial charge in [0.05, 0.1) is 22.8 Å². The number of hydrogen-bond acceptors (Lipinski definition) is 6. The molecular formula is C23H24ClN3O4. The zero-order chi connectivity index (χ0) is 22.7. The second-order valence-electron chi connectivity index (χ2n) is 8.35. The van der Waals surface area contributed by atoms with Crippen molar-refractivity contribution in [3.05, 3.63) is 72.4 Å². The maximum Gasteiger partial charge on any atom is 0.256 e. The van der Waals surface area contributed by atoms with Gasteiger partial charge in [-0.05, 0) is 51.5 Å². The summed E-state index contributed by atoms with van der Waals surface area (Å²) in [6.45, 7) is 7.62. The molecule has 7 nitrogen and oxygen atoms in total. The topological polar surface area (TPSA) is 91.6 Å². The summed E-state index contributed by atoms with van der Waals surface area (Å²) in [5.41, 5.74) is 0.0435. The lowest BCUT2D eigenvalue weighted by Gasteiger charge is -2.29. The predicted octanol–water partition coefficient (Wildman–Crippen LogP) is 4.46. The van der Waals surface area contributed by atoms with Gasteiger partial charge in [0, 0.05) is 17.6 Å². The van der Waals surface area contributed by atoms with Crippen molar-refractivity contribution < 1.29 is 9.21 Å². The molecule has 0 radical (unpaired) electrons. The predicted molar refractivity (Wildman–Crippen MR) is 121 cm³/mol. The zero-order valence-corrected chi connectivity index (χ0v) is 18.8. The second kappa shape index (κ2) is 7.27. The average Bonchev–Trinajstić information content (AvgIpc) is 3.24. The number of amides is 1. The minimum absolute atomic E-state index is 0.136. The molecule has 1 aromatic heterocycles. The molecule has 2 N–H and O–H groups in total. The molecule has 2 aromatic carbocycles. The Hall–Kier alpha value is -3.06. The molecule has 4 rings (SSSR count). The Kier molecular flexibility index (Phi) is 4.97. The van der Waals surface area contributed by atoms with Gasteiger partial charge in [0.15, 0.2) is 0 Å². The maximum absolute atomic E-state index is 12.9. The molecule has 3 aromatic rings. The smallest absolute Gasteiger partial charge is 0.256 e. The lowest BCUT2D eigenvalue weighted by atomic mass is 9.93. The number of furan rings is 1. The van der Waals surface area contributed by atoms with Crippen LogP contribution in [0.3, 0.4) is 0 Å². The number of benzene rings is 1. The van der Waals surface area contributed by atoms with E-state index in [9.17, 15) is 14.4 Å². The summed E-state index contributed by atoms with van der Waals surface area (Å²) in [4.78, 5) is 39.2. The van der Waals surface area contributed by atoms with Crippen molar-refractivity contribution >= 4 is 34.6 Å². The number of carbonyl (C=O) groups is 1. The quantitative estimate of drug-likeness (QED) is 0.548. The van der Waals surface area contributed by atoms with Crippen molar-refractivity contribution in [2.75, 3.05) is 17.7 Å². The van der Waals surface area contributed by atoms with Gasteiger partial charge in [-0.2, -0.15) is 0 Å². The van der Waals surface area contributed by atoms with Gasteiger partial charge in [-0.25, -0.2) is 0 Å². The summed E-state index contributed by atoms with van der Waals surface area (Å²) in [6, 6.07) is 6.78. The van der Waals surface area contributed by atoms with E-state index in [0.29, 0.717) is 34.0 Å². The monoisotopic (exact) mass is 441 g/mol. The molecule has 1 aliphatic rings. The number of aryl methyl sites for hydroxylation is 1. The summed E-state index contributed by atoms with van der Waals surface area (Å²) < 4.78 is 5.68. The minimum atomic E-state index is -0.630. The summed E-state index contributed by atoms with van der Waals surface area (Å²) in [7, 11) is 1.71. The van der Waals surface area contributed by atoms with Crippen LogP contribution in [0.25, 0.3) is 0 Å². The molecule has 0 aliphatic carbocycles. The molecule has 0 fully saturated rings. The van der Waals surface area contributed by atoms with Crippen molar-refractivity contribution in [1.82, 2.24) is 4.90 Å². The highest BCUT2D eigenvalue weighted by molar-refractivity contribution is 6.32. The first kappa shape index (κ1) is 21.2. The van der Waals surface area contributed by atoms with Gasteiger partial charge in [0.2, 0.25) is 0 Å². The Balaban J connectivity index is 1.71. The van der Waals surface area contributed by atoms with Gasteiger partial charge in [-0.15, -0.1) is 0 Å². The van der Waals surface area contributed by atoms with E-state index in [1.807, 2.05) is 39.8 Å². The molecule has 0 spiro atoms. The standard InChI is InChI=1S/C23H24ClN3O4/c1-6-13(15-10-7-11(2)31-15)25-18-19(21(29)20(18)28)26-14-9-8-12(24)17-16(14)22(30)27(5)23(17,3)4/h7-10,13,25-26H,6H2,1-5H3/t13-/m1/s1. The van der Waals surface area contributed by atoms with E-state index in [-0.39, 0.29) is 23.3 Å². The molecule has 0 saturated heterocycles. The summed E-state index contributed by atoms with van der Waals surface area (Å²) in [6.07, 6.45) is 0.652. The van der Waals surface area contributed by atoms with Crippen molar-refractivity contribution in [2.45, 2.75) is 45.7 Å². The number of nitrogens with one attached hydrogen (secondary N) is 2. The van der Waals surface area contributed by atoms with Gasteiger partial charge in [-0.1, -0.05) is 18.5 Å². The highest BCUT2D eigenvalue weighted by Crippen LogP contribution is 2.45. The van der Waals surface area contributed by atoms with Crippen LogP contribution in [0.1, 0.15) is 60.7 Å². The fourth-order valence-corrected chi connectivity index (χ4v) is 4.45. The first-order valence-electron chi connectivity index (χ1n) is 10.1. The van der Waals surface area contributed by atoms with Crippen LogP contribution in [0.15, 0.2) is 38.3 Å². The van der Waals surface area contributed by atoms with E-state index in [2.05, 4.69) is 10.6 Å². The minimum Gasteiger partial charge on any atom is -0.464 e. The number of halogens is 1. The summed E-state index contributed by atoms with van der Waals surface area (Å²) in [5, 5.41) is 6.63. The lowest BCUT2D eigenvalue weighted by Crippen LogP contribution is -2.37. The fourth-order valence-electron chi connectivity index (χ4n) is 4.06. The zero-order valence-electron chi connectivity index (χ0n) is 18.1. The van der Waals surface area contributed by atoms with Crippen molar-refractivity contribution in [3.63, 3.8) is 0 Å². The van der Waals surface area contributed by atoms with Crippen LogP contribution in [0.2, 0.25) is 5.02 Å². The van der Waals surface area contributed by atoms with Crippen molar-refractivity contribution in [1.29, 1.82) is 0 Å². The number of nitrogens with zero attached hydrogens (tertiary/aromatic N) is 1. The molecule has 8 heteroatoms. The van der Waals surface area contributed by atoms with Gasteiger partial charge in [-0.3, -0.25) is 14.4 Å². The number of rotatable bonds is 6. The number of hydrogen-bond donors (Lipinski definition) is 2. The highest BCUT2D eigenvalue weighted by Gasteiger charge is 2.44. The molecule has 0 bridgehead atoms. The van der Waals surface area contributed by atoms with E-state index in [0.717, 1.165) is 5.76 Å². The molecule has 31 heavy (non-hydrogen) atoms. The van der Waals surface area contributed by atoms with Gasteiger partial charge in [0.1, 0.15) is 22.9 Å². The summed E-state index contributed by atoms with van der Waals surface area (Å²) in [5.74, 6) is 1.25. The molecule has 0 unspecified atom stereocenters. The number of carbonyl (C=O) groups excluding carboxylic acids is 1. The van der Waals surface area contributed by atoms with E-state index in [1.54, 1.807) is 24.1 Å². The van der Waals surface area contributed by atoms with Gasteiger partial charge >= 0.3 is 0 Å². The average molecular weight is 442 g/mol. The Morgan fingerprint density at radius 2 is 1.77 bits per heavy atom. The molecular weight excluding hydrogens is 418 g/mol. The molecule has 1 amide bonds. The third-order valence-corrected chi connectivity index (χ3v) is 6.44. The molecule has 2 heterocycles. The second-order valence-corrected chi connectivity index (χ2v) is 8.76. The van der Waals surface area contributed by atoms with Crippen LogP contribution < -0.4 is 21.5 Å². The lowest BCUT2D eigenvalue weighted by molar-refractivity contribution is 0.0692. The Labute approximate surface area is 184 Å².